The van der Waals surface area contributed by atoms with Gasteiger partial charge in [-0.3, -0.25) is 4.79 Å². The number of hydrogen-bond donors (Lipinski definition) is 0. The van der Waals surface area contributed by atoms with Crippen molar-refractivity contribution in [3.05, 3.63) is 58.9 Å². The summed E-state index contributed by atoms with van der Waals surface area (Å²) in [6.07, 6.45) is 4.98. The van der Waals surface area contributed by atoms with Gasteiger partial charge in [0.2, 0.25) is 5.75 Å². The highest BCUT2D eigenvalue weighted by molar-refractivity contribution is 5.96. The number of nitrogens with zero attached hydrogens (tertiary/aromatic N) is 2. The van der Waals surface area contributed by atoms with Crippen LogP contribution in [-0.4, -0.2) is 69.8 Å². The molecule has 0 spiro atoms. The summed E-state index contributed by atoms with van der Waals surface area (Å²) in [6, 6.07) is 10.4. The van der Waals surface area contributed by atoms with Gasteiger partial charge in [-0.1, -0.05) is 29.8 Å². The van der Waals surface area contributed by atoms with Crippen molar-refractivity contribution in [1.29, 1.82) is 0 Å². The van der Waals surface area contributed by atoms with Crippen LogP contribution in [0.25, 0.3) is 6.08 Å². The van der Waals surface area contributed by atoms with Crippen LogP contribution >= 0.6 is 0 Å². The Morgan fingerprint density at radius 1 is 1.15 bits per heavy atom. The van der Waals surface area contributed by atoms with Gasteiger partial charge in [-0.2, -0.15) is 0 Å². The third-order valence-corrected chi connectivity index (χ3v) is 6.35. The Bertz CT molecular complexity index is 998. The molecular weight excluding hydrogens is 435 g/mol. The van der Waals surface area contributed by atoms with Crippen LogP contribution in [0.3, 0.4) is 0 Å². The number of benzene rings is 2. The molecule has 6 nitrogen and oxygen atoms in total. The van der Waals surface area contributed by atoms with E-state index < -0.39 is 0 Å². The Morgan fingerprint density at radius 3 is 2.38 bits per heavy atom. The summed E-state index contributed by atoms with van der Waals surface area (Å²) in [5.41, 5.74) is 1.86. The highest BCUT2D eigenvalue weighted by Gasteiger charge is 2.25. The largest absolute Gasteiger partial charge is 0.493 e. The van der Waals surface area contributed by atoms with Crippen LogP contribution in [-0.2, 0) is 0 Å². The molecule has 0 bridgehead atoms. The molecule has 184 valence electrons. The van der Waals surface area contributed by atoms with E-state index in [1.165, 1.54) is 33.8 Å². The minimum atomic E-state index is -0.281. The Kier molecular flexibility index (Phi) is 8.93. The summed E-state index contributed by atoms with van der Waals surface area (Å²) in [4.78, 5) is 17.9. The second kappa shape index (κ2) is 11.9. The van der Waals surface area contributed by atoms with Gasteiger partial charge in [0.05, 0.1) is 21.3 Å². The number of carbonyl (C=O) groups excluding carboxylic acids is 1. The van der Waals surface area contributed by atoms with E-state index in [1.54, 1.807) is 36.4 Å². The SMILES string of the molecule is COc1cc(C(=O)N(CCC2CCCN2C)CC(C)=Cc2ccccc2F)cc(OC)c1OC. The first-order valence-corrected chi connectivity index (χ1v) is 11.6. The Morgan fingerprint density at radius 2 is 1.82 bits per heavy atom. The molecule has 3 rings (SSSR count). The maximum Gasteiger partial charge on any atom is 0.254 e. The van der Waals surface area contributed by atoms with Gasteiger partial charge >= 0.3 is 0 Å². The summed E-state index contributed by atoms with van der Waals surface area (Å²) >= 11 is 0. The van der Waals surface area contributed by atoms with Crippen molar-refractivity contribution >= 4 is 12.0 Å². The number of amides is 1. The van der Waals surface area contributed by atoms with E-state index in [9.17, 15) is 9.18 Å². The monoisotopic (exact) mass is 470 g/mol. The summed E-state index contributed by atoms with van der Waals surface area (Å²) in [6.45, 7) is 3.98. The van der Waals surface area contributed by atoms with Crippen molar-refractivity contribution in [3.63, 3.8) is 0 Å². The van der Waals surface area contributed by atoms with Gasteiger partial charge in [-0.25, -0.2) is 4.39 Å². The third kappa shape index (κ3) is 6.08. The van der Waals surface area contributed by atoms with Crippen LogP contribution < -0.4 is 14.2 Å². The first-order chi connectivity index (χ1) is 16.4. The smallest absolute Gasteiger partial charge is 0.254 e. The van der Waals surface area contributed by atoms with E-state index in [-0.39, 0.29) is 11.7 Å². The first kappa shape index (κ1) is 25.6. The lowest BCUT2D eigenvalue weighted by molar-refractivity contribution is 0.0757. The van der Waals surface area contributed by atoms with Crippen LogP contribution in [0, 0.1) is 5.82 Å². The molecule has 2 aromatic carbocycles. The lowest BCUT2D eigenvalue weighted by atomic mass is 10.1. The van der Waals surface area contributed by atoms with Crippen molar-refractivity contribution in [2.75, 3.05) is 48.0 Å². The number of likely N-dealkylation sites (tertiary alicyclic amines) is 1. The molecule has 1 saturated heterocycles. The fraction of sp³-hybridized carbons (Fsp3) is 0.444. The Balaban J connectivity index is 1.89. The molecule has 0 radical (unpaired) electrons. The fourth-order valence-corrected chi connectivity index (χ4v) is 4.49. The van der Waals surface area contributed by atoms with E-state index in [4.69, 9.17) is 14.2 Å². The number of halogens is 1. The molecule has 0 N–H and O–H groups in total. The van der Waals surface area contributed by atoms with Crippen molar-refractivity contribution < 1.29 is 23.4 Å². The van der Waals surface area contributed by atoms with E-state index in [1.807, 2.05) is 11.8 Å². The lowest BCUT2D eigenvalue weighted by Gasteiger charge is -2.27. The Labute approximate surface area is 201 Å². The molecule has 0 aromatic heterocycles. The molecule has 1 fully saturated rings. The molecule has 0 aliphatic carbocycles. The van der Waals surface area contributed by atoms with Gasteiger partial charge in [-0.05, 0) is 58.0 Å². The van der Waals surface area contributed by atoms with Gasteiger partial charge in [0.1, 0.15) is 5.82 Å². The predicted molar refractivity (Wildman–Crippen MR) is 132 cm³/mol. The van der Waals surface area contributed by atoms with Crippen molar-refractivity contribution in [3.8, 4) is 17.2 Å². The van der Waals surface area contributed by atoms with Gasteiger partial charge < -0.3 is 24.0 Å². The van der Waals surface area contributed by atoms with E-state index in [2.05, 4.69) is 11.9 Å². The molecule has 1 aliphatic rings. The zero-order valence-corrected chi connectivity index (χ0v) is 20.8. The molecule has 1 heterocycles. The van der Waals surface area contributed by atoms with E-state index in [0.717, 1.165) is 25.0 Å². The summed E-state index contributed by atoms with van der Waals surface area (Å²) < 4.78 is 30.5. The molecule has 7 heteroatoms. The van der Waals surface area contributed by atoms with Crippen molar-refractivity contribution in [2.24, 2.45) is 0 Å². The van der Waals surface area contributed by atoms with Crippen molar-refractivity contribution in [1.82, 2.24) is 9.80 Å². The average Bonchev–Trinajstić information content (AvgIpc) is 3.26. The quantitative estimate of drug-likeness (QED) is 0.495. The zero-order chi connectivity index (χ0) is 24.7. The second-order valence-corrected chi connectivity index (χ2v) is 8.72. The minimum absolute atomic E-state index is 0.138. The van der Waals surface area contributed by atoms with Crippen LogP contribution in [0.1, 0.15) is 42.1 Å². The highest BCUT2D eigenvalue weighted by Crippen LogP contribution is 2.38. The maximum absolute atomic E-state index is 14.2. The van der Waals surface area contributed by atoms with Crippen LogP contribution in [0.15, 0.2) is 42.0 Å². The average molecular weight is 471 g/mol. The van der Waals surface area contributed by atoms with Gasteiger partial charge in [0.25, 0.3) is 5.91 Å². The molecule has 1 amide bonds. The molecule has 1 atom stereocenters. The molecule has 0 saturated carbocycles. The van der Waals surface area contributed by atoms with Crippen molar-refractivity contribution in [2.45, 2.75) is 32.2 Å². The second-order valence-electron chi connectivity index (χ2n) is 8.72. The zero-order valence-electron chi connectivity index (χ0n) is 20.8. The van der Waals surface area contributed by atoms with E-state index in [0.29, 0.717) is 47.5 Å². The Hall–Kier alpha value is -3.06. The summed E-state index contributed by atoms with van der Waals surface area (Å²) in [7, 11) is 6.72. The first-order valence-electron chi connectivity index (χ1n) is 11.6. The number of ether oxygens (including phenoxy) is 3. The summed E-state index contributed by atoms with van der Waals surface area (Å²) in [5.74, 6) is 0.882. The standard InChI is InChI=1S/C27H35FN2O4/c1-19(15-20-9-6-7-11-23(20)28)18-30(14-12-22-10-8-13-29(22)2)27(31)21-16-24(32-3)26(34-5)25(17-21)33-4/h6-7,9,11,15-17,22H,8,10,12-14,18H2,1-5H3. The normalized spacial score (nSPS) is 16.4. The van der Waals surface area contributed by atoms with Gasteiger partial charge in [-0.15, -0.1) is 0 Å². The minimum Gasteiger partial charge on any atom is -0.493 e. The number of hydrogen-bond acceptors (Lipinski definition) is 5. The van der Waals surface area contributed by atoms with Crippen LogP contribution in [0.4, 0.5) is 4.39 Å². The number of methoxy groups -OCH3 is 3. The fourth-order valence-electron chi connectivity index (χ4n) is 4.49. The highest BCUT2D eigenvalue weighted by atomic mass is 19.1. The predicted octanol–water partition coefficient (Wildman–Crippen LogP) is 4.88. The van der Waals surface area contributed by atoms with Gasteiger partial charge in [0, 0.05) is 30.3 Å². The third-order valence-electron chi connectivity index (χ3n) is 6.35. The molecule has 34 heavy (non-hydrogen) atoms. The van der Waals surface area contributed by atoms with Crippen LogP contribution in [0.2, 0.25) is 0 Å². The number of carbonyl (C=O) groups is 1. The topological polar surface area (TPSA) is 51.2 Å². The molecule has 1 unspecified atom stereocenters. The van der Waals surface area contributed by atoms with E-state index >= 15 is 0 Å². The molecule has 2 aromatic rings. The molecular formula is C27H35FN2O4. The maximum atomic E-state index is 14.2. The number of rotatable bonds is 10. The van der Waals surface area contributed by atoms with Crippen LogP contribution in [0.5, 0.6) is 17.2 Å². The lowest BCUT2D eigenvalue weighted by Crippen LogP contribution is -2.37. The summed E-state index contributed by atoms with van der Waals surface area (Å²) in [5, 5.41) is 0. The molecule has 1 aliphatic heterocycles. The van der Waals surface area contributed by atoms with Gasteiger partial charge in [0.15, 0.2) is 11.5 Å².